The summed E-state index contributed by atoms with van der Waals surface area (Å²) in [6.45, 7) is 0.784. The summed E-state index contributed by atoms with van der Waals surface area (Å²) in [6, 6.07) is 12.5. The van der Waals surface area contributed by atoms with Crippen molar-refractivity contribution < 1.29 is 0 Å². The van der Waals surface area contributed by atoms with Gasteiger partial charge >= 0.3 is 0 Å². The van der Waals surface area contributed by atoms with Gasteiger partial charge in [-0.05, 0) is 40.8 Å². The molecule has 0 fully saturated rings. The van der Waals surface area contributed by atoms with Crippen molar-refractivity contribution in [2.45, 2.75) is 19.4 Å². The maximum atomic E-state index is 4.23. The first-order valence-corrected chi connectivity index (χ1v) is 7.28. The van der Waals surface area contributed by atoms with E-state index in [9.17, 15) is 0 Å². The number of thiophene rings is 1. The van der Waals surface area contributed by atoms with Gasteiger partial charge in [0.2, 0.25) is 0 Å². The van der Waals surface area contributed by atoms with Crippen molar-refractivity contribution >= 4 is 11.3 Å². The molecule has 0 unspecified atom stereocenters. The lowest BCUT2D eigenvalue weighted by molar-refractivity contribution is 0.649. The molecule has 4 heteroatoms. The smallest absolute Gasteiger partial charge is 0.0830 e. The van der Waals surface area contributed by atoms with E-state index in [1.165, 1.54) is 11.1 Å². The number of hydrogen-bond donors (Lipinski definition) is 0. The van der Waals surface area contributed by atoms with Crippen LogP contribution in [0.25, 0.3) is 0 Å². The average molecular weight is 269 g/mol. The fraction of sp³-hybridized carbons (Fsp3) is 0.200. The van der Waals surface area contributed by atoms with E-state index in [1.54, 1.807) is 11.3 Å². The van der Waals surface area contributed by atoms with Crippen LogP contribution >= 0.6 is 11.3 Å². The molecule has 3 rings (SSSR count). The Morgan fingerprint density at radius 2 is 1.89 bits per heavy atom. The predicted octanol–water partition coefficient (Wildman–Crippen LogP) is 3.17. The van der Waals surface area contributed by atoms with E-state index in [0.29, 0.717) is 0 Å². The van der Waals surface area contributed by atoms with Crippen molar-refractivity contribution in [3.05, 3.63) is 70.2 Å². The quantitative estimate of drug-likeness (QED) is 0.712. The van der Waals surface area contributed by atoms with E-state index in [-0.39, 0.29) is 0 Å². The third-order valence-corrected chi connectivity index (χ3v) is 3.76. The Balaban J connectivity index is 1.60. The van der Waals surface area contributed by atoms with E-state index in [4.69, 9.17) is 0 Å². The predicted molar refractivity (Wildman–Crippen MR) is 77.3 cm³/mol. The molecule has 96 valence electrons. The summed E-state index contributed by atoms with van der Waals surface area (Å²) in [5, 5.41) is 12.7. The second kappa shape index (κ2) is 5.80. The van der Waals surface area contributed by atoms with Crippen molar-refractivity contribution in [3.8, 4) is 0 Å². The number of aromatic nitrogens is 3. The Morgan fingerprint density at radius 1 is 1.00 bits per heavy atom. The van der Waals surface area contributed by atoms with Gasteiger partial charge in [0.15, 0.2) is 0 Å². The van der Waals surface area contributed by atoms with E-state index in [0.717, 1.165) is 25.1 Å². The highest BCUT2D eigenvalue weighted by Crippen LogP contribution is 2.09. The normalized spacial score (nSPS) is 10.7. The number of nitrogens with zero attached hydrogens (tertiary/aromatic N) is 3. The van der Waals surface area contributed by atoms with E-state index in [1.807, 2.05) is 29.1 Å². The molecule has 2 heterocycles. The summed E-state index contributed by atoms with van der Waals surface area (Å²) in [6.07, 6.45) is 4.03. The van der Waals surface area contributed by atoms with Crippen LogP contribution in [0.2, 0.25) is 0 Å². The fourth-order valence-corrected chi connectivity index (χ4v) is 2.71. The molecule has 19 heavy (non-hydrogen) atoms. The molecule has 0 bridgehead atoms. The van der Waals surface area contributed by atoms with Crippen LogP contribution in [0.4, 0.5) is 0 Å². The summed E-state index contributed by atoms with van der Waals surface area (Å²) >= 11 is 1.74. The molecule has 0 atom stereocenters. The minimum atomic E-state index is 0.784. The Hall–Kier alpha value is -1.94. The van der Waals surface area contributed by atoms with Crippen molar-refractivity contribution in [3.63, 3.8) is 0 Å². The van der Waals surface area contributed by atoms with Gasteiger partial charge in [0, 0.05) is 6.20 Å². The van der Waals surface area contributed by atoms with Crippen LogP contribution in [-0.2, 0) is 19.4 Å². The zero-order valence-electron chi connectivity index (χ0n) is 10.6. The molecule has 2 aromatic heterocycles. The Bertz CT molecular complexity index is 614. The number of rotatable bonds is 5. The Morgan fingerprint density at radius 3 is 2.68 bits per heavy atom. The summed E-state index contributed by atoms with van der Waals surface area (Å²) in [7, 11) is 0. The largest absolute Gasteiger partial charge is 0.248 e. The second-order valence-corrected chi connectivity index (χ2v) is 5.30. The van der Waals surface area contributed by atoms with Gasteiger partial charge in [0.05, 0.1) is 12.2 Å². The molecule has 0 aliphatic heterocycles. The lowest BCUT2D eigenvalue weighted by atomic mass is 10.1. The minimum Gasteiger partial charge on any atom is -0.248 e. The molecule has 0 spiro atoms. The lowest BCUT2D eigenvalue weighted by Gasteiger charge is -1.99. The standard InChI is InChI=1S/C15H15N3S/c1-2-4-13(5-3-1)10-18-11-15(16-17-18)7-6-14-8-9-19-12-14/h1-5,8-9,11-12H,6-7,10H2. The first-order chi connectivity index (χ1) is 9.40. The van der Waals surface area contributed by atoms with Crippen molar-refractivity contribution in [2.75, 3.05) is 0 Å². The minimum absolute atomic E-state index is 0.784. The van der Waals surface area contributed by atoms with Crippen LogP contribution < -0.4 is 0 Å². The van der Waals surface area contributed by atoms with Crippen molar-refractivity contribution in [1.29, 1.82) is 0 Å². The van der Waals surface area contributed by atoms with Gasteiger partial charge in [0.1, 0.15) is 0 Å². The summed E-state index contributed by atoms with van der Waals surface area (Å²) in [5.74, 6) is 0. The van der Waals surface area contributed by atoms with Gasteiger partial charge in [-0.25, -0.2) is 4.68 Å². The van der Waals surface area contributed by atoms with Crippen LogP contribution in [0.1, 0.15) is 16.8 Å². The topological polar surface area (TPSA) is 30.7 Å². The number of hydrogen-bond acceptors (Lipinski definition) is 3. The maximum Gasteiger partial charge on any atom is 0.0830 e. The number of aryl methyl sites for hydroxylation is 2. The van der Waals surface area contributed by atoms with Gasteiger partial charge in [-0.15, -0.1) is 5.10 Å². The van der Waals surface area contributed by atoms with Gasteiger partial charge in [-0.1, -0.05) is 35.5 Å². The Labute approximate surface area is 116 Å². The molecule has 0 aliphatic rings. The summed E-state index contributed by atoms with van der Waals surface area (Å²) in [4.78, 5) is 0. The summed E-state index contributed by atoms with van der Waals surface area (Å²) < 4.78 is 1.90. The van der Waals surface area contributed by atoms with Gasteiger partial charge in [-0.2, -0.15) is 11.3 Å². The molecule has 0 amide bonds. The van der Waals surface area contributed by atoms with Crippen LogP contribution in [0.5, 0.6) is 0 Å². The van der Waals surface area contributed by atoms with E-state index < -0.39 is 0 Å². The van der Waals surface area contributed by atoms with Crippen LogP contribution in [0.15, 0.2) is 53.4 Å². The van der Waals surface area contributed by atoms with Crippen LogP contribution in [-0.4, -0.2) is 15.0 Å². The highest BCUT2D eigenvalue weighted by atomic mass is 32.1. The molecule has 0 radical (unpaired) electrons. The lowest BCUT2D eigenvalue weighted by Crippen LogP contribution is -1.99. The average Bonchev–Trinajstić information content (AvgIpc) is 3.09. The van der Waals surface area contributed by atoms with Gasteiger partial charge in [0.25, 0.3) is 0 Å². The summed E-state index contributed by atoms with van der Waals surface area (Å²) in [5.41, 5.74) is 3.68. The van der Waals surface area contributed by atoms with Crippen LogP contribution in [0, 0.1) is 0 Å². The Kier molecular flexibility index (Phi) is 3.70. The number of benzene rings is 1. The highest BCUT2D eigenvalue weighted by molar-refractivity contribution is 7.07. The zero-order valence-corrected chi connectivity index (χ0v) is 11.4. The molecule has 0 saturated heterocycles. The molecule has 1 aromatic carbocycles. The second-order valence-electron chi connectivity index (χ2n) is 4.52. The molecule has 0 N–H and O–H groups in total. The third-order valence-electron chi connectivity index (χ3n) is 3.02. The first-order valence-electron chi connectivity index (χ1n) is 6.34. The van der Waals surface area contributed by atoms with E-state index in [2.05, 4.69) is 39.3 Å². The molecule has 3 nitrogen and oxygen atoms in total. The third kappa shape index (κ3) is 3.29. The fourth-order valence-electron chi connectivity index (χ4n) is 2.01. The van der Waals surface area contributed by atoms with Crippen LogP contribution in [0.3, 0.4) is 0 Å². The van der Waals surface area contributed by atoms with E-state index >= 15 is 0 Å². The monoisotopic (exact) mass is 269 g/mol. The SMILES string of the molecule is c1ccc(Cn2cc(CCc3ccsc3)nn2)cc1. The van der Waals surface area contributed by atoms with Gasteiger partial charge in [-0.3, -0.25) is 0 Å². The molecule has 0 saturated carbocycles. The zero-order chi connectivity index (χ0) is 12.9. The first kappa shape index (κ1) is 12.1. The molecule has 3 aromatic rings. The maximum absolute atomic E-state index is 4.23. The van der Waals surface area contributed by atoms with Gasteiger partial charge < -0.3 is 0 Å². The van der Waals surface area contributed by atoms with Crippen molar-refractivity contribution in [1.82, 2.24) is 15.0 Å². The van der Waals surface area contributed by atoms with Crippen molar-refractivity contribution in [2.24, 2.45) is 0 Å². The molecular weight excluding hydrogens is 254 g/mol. The molecule has 0 aliphatic carbocycles. The molecular formula is C15H15N3S. The highest BCUT2D eigenvalue weighted by Gasteiger charge is 2.02.